The van der Waals surface area contributed by atoms with Crippen molar-refractivity contribution in [1.29, 1.82) is 0 Å². The molecule has 0 amide bonds. The molecule has 0 aromatic heterocycles. The number of aliphatic hydroxyl groups is 1. The van der Waals surface area contributed by atoms with E-state index in [0.29, 0.717) is 0 Å². The van der Waals surface area contributed by atoms with Gasteiger partial charge in [-0.3, -0.25) is 0 Å². The van der Waals surface area contributed by atoms with Gasteiger partial charge in [-0.05, 0) is 0 Å². The van der Waals surface area contributed by atoms with Crippen molar-refractivity contribution in [3.63, 3.8) is 0 Å². The molecule has 0 aromatic carbocycles. The van der Waals surface area contributed by atoms with Gasteiger partial charge < -0.3 is 9.84 Å². The lowest BCUT2D eigenvalue weighted by Gasteiger charge is -2.00. The fraction of sp³-hybridized carbons (Fsp3) is 0.600. The van der Waals surface area contributed by atoms with Crippen LogP contribution in [0.2, 0.25) is 0 Å². The van der Waals surface area contributed by atoms with Crippen LogP contribution in [-0.4, -0.2) is 11.2 Å². The summed E-state index contributed by atoms with van der Waals surface area (Å²) in [5.74, 6) is 2.07. The Bertz CT molecular complexity index is 123. The van der Waals surface area contributed by atoms with Crippen LogP contribution >= 0.6 is 0 Å². The number of rotatable bonds is 0. The molecule has 2 heteroatoms. The molecule has 7 heavy (non-hydrogen) atoms. The van der Waals surface area contributed by atoms with Crippen molar-refractivity contribution in [2.24, 2.45) is 0 Å². The molecule has 0 saturated heterocycles. The molecule has 2 rings (SSSR count). The van der Waals surface area contributed by atoms with Crippen molar-refractivity contribution in [1.82, 2.24) is 0 Å². The number of hydrogen-bond donors (Lipinski definition) is 1. The predicted molar refractivity (Wildman–Crippen MR) is 23.4 cm³/mol. The molecular formula is C5H6O2. The molecule has 1 heterocycles. The molecule has 1 aliphatic carbocycles. The molecule has 2 nitrogen and oxygen atoms in total. The Kier molecular flexibility index (Phi) is 0.421. The number of hydrogen-bond acceptors (Lipinski definition) is 2. The topological polar surface area (TPSA) is 32.8 Å². The first-order chi connectivity index (χ1) is 3.36. The van der Waals surface area contributed by atoms with E-state index in [-0.39, 0.29) is 6.10 Å². The molecule has 0 saturated carbocycles. The molecule has 0 fully saturated rings. The van der Waals surface area contributed by atoms with Gasteiger partial charge in [0.05, 0.1) is 6.10 Å². The second-order valence-corrected chi connectivity index (χ2v) is 2.01. The molecule has 0 spiro atoms. The van der Waals surface area contributed by atoms with Gasteiger partial charge in [0.15, 0.2) is 0 Å². The van der Waals surface area contributed by atoms with E-state index in [0.717, 1.165) is 24.4 Å². The summed E-state index contributed by atoms with van der Waals surface area (Å²) in [6.45, 7) is 0. The summed E-state index contributed by atoms with van der Waals surface area (Å²) in [7, 11) is 0. The lowest BCUT2D eigenvalue weighted by molar-refractivity contribution is 0.153. The summed E-state index contributed by atoms with van der Waals surface area (Å²) in [4.78, 5) is 0. The van der Waals surface area contributed by atoms with Crippen molar-refractivity contribution in [3.05, 3.63) is 11.5 Å². The smallest absolute Gasteiger partial charge is 0.145 e. The highest BCUT2D eigenvalue weighted by molar-refractivity contribution is 5.24. The van der Waals surface area contributed by atoms with Crippen molar-refractivity contribution in [2.75, 3.05) is 0 Å². The highest BCUT2D eigenvalue weighted by atomic mass is 16.6. The Morgan fingerprint density at radius 1 is 1.43 bits per heavy atom. The first-order valence-corrected chi connectivity index (χ1v) is 2.44. The van der Waals surface area contributed by atoms with E-state index in [2.05, 4.69) is 0 Å². The Labute approximate surface area is 41.4 Å². The summed E-state index contributed by atoms with van der Waals surface area (Å²) >= 11 is 0. The summed E-state index contributed by atoms with van der Waals surface area (Å²) in [5, 5.41) is 8.81. The van der Waals surface area contributed by atoms with Gasteiger partial charge in [0.1, 0.15) is 11.5 Å². The Hall–Kier alpha value is -0.500. The average molecular weight is 98.1 g/mol. The molecule has 0 radical (unpaired) electrons. The van der Waals surface area contributed by atoms with E-state index >= 15 is 0 Å². The van der Waals surface area contributed by atoms with Crippen LogP contribution in [0.5, 0.6) is 0 Å². The standard InChI is InChI=1S/C5H6O2/c6-3-1-4-5(2-3)7-4/h3,6H,1-2H2. The van der Waals surface area contributed by atoms with Gasteiger partial charge in [0.2, 0.25) is 0 Å². The van der Waals surface area contributed by atoms with Gasteiger partial charge >= 0.3 is 0 Å². The van der Waals surface area contributed by atoms with E-state index in [1.807, 2.05) is 0 Å². The normalized spacial score (nSPS) is 27.6. The second-order valence-electron chi connectivity index (χ2n) is 2.01. The summed E-state index contributed by atoms with van der Waals surface area (Å²) in [6.07, 6.45) is 1.39. The average Bonchev–Trinajstić information content (AvgIpc) is 2.15. The van der Waals surface area contributed by atoms with Gasteiger partial charge in [0.25, 0.3) is 0 Å². The van der Waals surface area contributed by atoms with Crippen LogP contribution in [0.4, 0.5) is 0 Å². The maximum Gasteiger partial charge on any atom is 0.145 e. The van der Waals surface area contributed by atoms with Crippen LogP contribution in [0.25, 0.3) is 0 Å². The quantitative estimate of drug-likeness (QED) is 0.475. The fourth-order valence-electron chi connectivity index (χ4n) is 0.934. The molecule has 2 aliphatic rings. The minimum Gasteiger partial charge on any atom is -0.459 e. The minimum atomic E-state index is -0.126. The zero-order chi connectivity index (χ0) is 4.85. The SMILES string of the molecule is OC1CC2=C(C1)O2. The Morgan fingerprint density at radius 2 is 2.00 bits per heavy atom. The van der Waals surface area contributed by atoms with Gasteiger partial charge in [-0.2, -0.15) is 0 Å². The Morgan fingerprint density at radius 3 is 2.29 bits per heavy atom. The lowest BCUT2D eigenvalue weighted by Crippen LogP contribution is -2.02. The predicted octanol–water partition coefficient (Wildman–Crippen LogP) is 0.383. The van der Waals surface area contributed by atoms with E-state index in [1.165, 1.54) is 0 Å². The molecule has 0 unspecified atom stereocenters. The summed E-state index contributed by atoms with van der Waals surface area (Å²) in [5.41, 5.74) is 0. The van der Waals surface area contributed by atoms with Gasteiger partial charge in [0, 0.05) is 12.8 Å². The van der Waals surface area contributed by atoms with E-state index in [4.69, 9.17) is 9.84 Å². The van der Waals surface area contributed by atoms with Crippen molar-refractivity contribution in [2.45, 2.75) is 18.9 Å². The lowest BCUT2D eigenvalue weighted by atomic mass is 10.3. The van der Waals surface area contributed by atoms with Crippen molar-refractivity contribution >= 4 is 0 Å². The highest BCUT2D eigenvalue weighted by Crippen LogP contribution is 2.41. The largest absolute Gasteiger partial charge is 0.459 e. The van der Waals surface area contributed by atoms with Crippen LogP contribution in [0.15, 0.2) is 11.5 Å². The first-order valence-electron chi connectivity index (χ1n) is 2.44. The van der Waals surface area contributed by atoms with Crippen LogP contribution in [0, 0.1) is 0 Å². The van der Waals surface area contributed by atoms with Crippen LogP contribution in [-0.2, 0) is 4.74 Å². The summed E-state index contributed by atoms with van der Waals surface area (Å²) < 4.78 is 4.90. The highest BCUT2D eigenvalue weighted by Gasteiger charge is 2.35. The van der Waals surface area contributed by atoms with E-state index < -0.39 is 0 Å². The molecule has 1 N–H and O–H groups in total. The van der Waals surface area contributed by atoms with Crippen LogP contribution in [0.1, 0.15) is 12.8 Å². The van der Waals surface area contributed by atoms with Gasteiger partial charge in [-0.25, -0.2) is 0 Å². The van der Waals surface area contributed by atoms with Crippen molar-refractivity contribution < 1.29 is 9.84 Å². The number of ether oxygens (including phenoxy) is 1. The molecule has 0 bridgehead atoms. The molecule has 0 atom stereocenters. The Balaban J connectivity index is 2.13. The fourth-order valence-corrected chi connectivity index (χ4v) is 0.934. The third-order valence-electron chi connectivity index (χ3n) is 1.36. The molecule has 38 valence electrons. The van der Waals surface area contributed by atoms with E-state index in [1.54, 1.807) is 0 Å². The van der Waals surface area contributed by atoms with E-state index in [9.17, 15) is 0 Å². The van der Waals surface area contributed by atoms with Crippen LogP contribution in [0.3, 0.4) is 0 Å². The van der Waals surface area contributed by atoms with Crippen molar-refractivity contribution in [3.8, 4) is 0 Å². The molecule has 1 aliphatic heterocycles. The summed E-state index contributed by atoms with van der Waals surface area (Å²) in [6, 6.07) is 0. The third kappa shape index (κ3) is 0.370. The number of aliphatic hydroxyl groups excluding tert-OH is 1. The molecule has 0 aromatic rings. The third-order valence-corrected chi connectivity index (χ3v) is 1.36. The first kappa shape index (κ1) is 3.50. The zero-order valence-electron chi connectivity index (χ0n) is 3.85. The second kappa shape index (κ2) is 0.842. The monoisotopic (exact) mass is 98.0 g/mol. The maximum absolute atomic E-state index is 8.81. The van der Waals surface area contributed by atoms with Gasteiger partial charge in [-0.15, -0.1) is 0 Å². The van der Waals surface area contributed by atoms with Gasteiger partial charge in [-0.1, -0.05) is 0 Å². The van der Waals surface area contributed by atoms with Crippen LogP contribution < -0.4 is 0 Å². The zero-order valence-corrected chi connectivity index (χ0v) is 3.85. The minimum absolute atomic E-state index is 0.126. The maximum atomic E-state index is 8.81. The molecular weight excluding hydrogens is 92.1 g/mol.